The molecule has 0 bridgehead atoms. The van der Waals surface area contributed by atoms with E-state index in [1.165, 1.54) is 29.8 Å². The van der Waals surface area contributed by atoms with Gasteiger partial charge in [-0.3, -0.25) is 9.36 Å². The Morgan fingerprint density at radius 1 is 1.16 bits per heavy atom. The molecule has 1 saturated heterocycles. The quantitative estimate of drug-likeness (QED) is 0.544. The molecule has 9 heteroatoms. The first kappa shape index (κ1) is 23.7. The number of nitrogens with zero attached hydrogens (tertiary/aromatic N) is 6. The number of hydrogen-bond donors (Lipinski definition) is 2. The normalized spacial score (nSPS) is 18.3. The van der Waals surface area contributed by atoms with Gasteiger partial charge in [0, 0.05) is 54.6 Å². The van der Waals surface area contributed by atoms with Crippen molar-refractivity contribution in [3.63, 3.8) is 0 Å². The van der Waals surface area contributed by atoms with Gasteiger partial charge < -0.3 is 20.4 Å². The van der Waals surface area contributed by atoms with E-state index in [1.54, 1.807) is 16.8 Å². The molecule has 3 aliphatic rings. The highest BCUT2D eigenvalue weighted by molar-refractivity contribution is 5.84. The van der Waals surface area contributed by atoms with Crippen LogP contribution < -0.4 is 21.1 Å². The largest absolute Gasteiger partial charge is 0.383 e. The zero-order valence-electron chi connectivity index (χ0n) is 21.6. The van der Waals surface area contributed by atoms with Gasteiger partial charge in [0.1, 0.15) is 17.3 Å². The van der Waals surface area contributed by atoms with Gasteiger partial charge in [0.05, 0.1) is 11.4 Å². The molecule has 1 saturated carbocycles. The van der Waals surface area contributed by atoms with Crippen LogP contribution in [0.2, 0.25) is 0 Å². The van der Waals surface area contributed by atoms with Crippen LogP contribution in [0.5, 0.6) is 0 Å². The molecule has 2 aliphatic heterocycles. The fraction of sp³-hybridized carbons (Fsp3) is 0.500. The molecule has 9 nitrogen and oxygen atoms in total. The van der Waals surface area contributed by atoms with E-state index in [-0.39, 0.29) is 17.2 Å². The van der Waals surface area contributed by atoms with Crippen molar-refractivity contribution < 1.29 is 0 Å². The molecule has 0 radical (unpaired) electrons. The summed E-state index contributed by atoms with van der Waals surface area (Å²) in [4.78, 5) is 27.3. The van der Waals surface area contributed by atoms with Gasteiger partial charge in [-0.1, -0.05) is 12.8 Å². The smallest absolute Gasteiger partial charge is 0.270 e. The minimum atomic E-state index is -0.251. The number of fused-ring (bicyclic) bond motifs is 2. The van der Waals surface area contributed by atoms with E-state index < -0.39 is 0 Å². The molecule has 0 amide bonds. The van der Waals surface area contributed by atoms with Gasteiger partial charge in [-0.05, 0) is 64.4 Å². The first-order valence-corrected chi connectivity index (χ1v) is 13.4. The van der Waals surface area contributed by atoms with E-state index in [4.69, 9.17) is 4.98 Å². The number of benzene rings is 1. The van der Waals surface area contributed by atoms with E-state index in [1.807, 2.05) is 0 Å². The Kier molecular flexibility index (Phi) is 6.21. The molecule has 6 rings (SSSR count). The minimum Gasteiger partial charge on any atom is -0.383 e. The molecule has 2 N–H and O–H groups in total. The van der Waals surface area contributed by atoms with Crippen LogP contribution in [0.25, 0.3) is 11.0 Å². The Labute approximate surface area is 217 Å². The minimum absolute atomic E-state index is 0.0791. The maximum Gasteiger partial charge on any atom is 0.270 e. The predicted molar refractivity (Wildman–Crippen MR) is 147 cm³/mol. The highest BCUT2D eigenvalue weighted by Crippen LogP contribution is 2.40. The fourth-order valence-electron chi connectivity index (χ4n) is 6.29. The molecule has 4 heterocycles. The van der Waals surface area contributed by atoms with Crippen molar-refractivity contribution in [3.05, 3.63) is 45.9 Å². The molecule has 0 unspecified atom stereocenters. The third-order valence-electron chi connectivity index (χ3n) is 8.33. The average molecular weight is 499 g/mol. The summed E-state index contributed by atoms with van der Waals surface area (Å²) < 4.78 is 1.74. The highest BCUT2D eigenvalue weighted by atomic mass is 16.1. The van der Waals surface area contributed by atoms with Crippen molar-refractivity contribution in [2.45, 2.75) is 57.0 Å². The maximum absolute atomic E-state index is 13.1. The SMILES string of the molecule is CN(C)C1CCN(c2ccc(Nc3ncc4cc(C#N)c(=O)n(C5CCCC5)c4n3)c3c2NCC3)CC1. The molecule has 2 aromatic heterocycles. The molecular weight excluding hydrogens is 464 g/mol. The number of hydrogen-bond acceptors (Lipinski definition) is 8. The second-order valence-electron chi connectivity index (χ2n) is 10.7. The van der Waals surface area contributed by atoms with Crippen LogP contribution in [0.15, 0.2) is 29.2 Å². The molecule has 1 aromatic carbocycles. The van der Waals surface area contributed by atoms with E-state index >= 15 is 0 Å². The van der Waals surface area contributed by atoms with Gasteiger partial charge >= 0.3 is 0 Å². The standard InChI is InChI=1S/C28H34N8O/c1-34(2)20-10-13-35(14-11-20)24-8-7-23(22-9-12-30-25(22)24)32-28-31-17-19-15-18(16-29)27(37)36(26(19)33-28)21-5-3-4-6-21/h7-8,15,17,20-21,30H,3-6,9-14H2,1-2H3,(H,31,32,33). The summed E-state index contributed by atoms with van der Waals surface area (Å²) in [5.41, 5.74) is 5.23. The van der Waals surface area contributed by atoms with Gasteiger partial charge in [0.25, 0.3) is 5.56 Å². The average Bonchev–Trinajstić information content (AvgIpc) is 3.62. The van der Waals surface area contributed by atoms with Crippen LogP contribution >= 0.6 is 0 Å². The number of rotatable bonds is 5. The summed E-state index contributed by atoms with van der Waals surface area (Å²) >= 11 is 0. The lowest BCUT2D eigenvalue weighted by Gasteiger charge is -2.37. The van der Waals surface area contributed by atoms with Crippen molar-refractivity contribution >= 4 is 34.0 Å². The Hall–Kier alpha value is -3.64. The molecule has 1 aliphatic carbocycles. The Morgan fingerprint density at radius 3 is 2.68 bits per heavy atom. The van der Waals surface area contributed by atoms with E-state index in [0.29, 0.717) is 17.6 Å². The fourth-order valence-corrected chi connectivity index (χ4v) is 6.29. The molecule has 0 spiro atoms. The summed E-state index contributed by atoms with van der Waals surface area (Å²) in [6, 6.07) is 8.73. The van der Waals surface area contributed by atoms with Crippen molar-refractivity contribution in [1.82, 2.24) is 19.4 Å². The number of piperidine rings is 1. The number of nitrogens with one attached hydrogen (secondary N) is 2. The second-order valence-corrected chi connectivity index (χ2v) is 10.7. The molecule has 37 heavy (non-hydrogen) atoms. The molecule has 2 fully saturated rings. The van der Waals surface area contributed by atoms with Gasteiger partial charge in [0.2, 0.25) is 5.95 Å². The third-order valence-corrected chi connectivity index (χ3v) is 8.33. The Balaban J connectivity index is 1.32. The predicted octanol–water partition coefficient (Wildman–Crippen LogP) is 4.02. The van der Waals surface area contributed by atoms with E-state index in [2.05, 4.69) is 57.7 Å². The molecule has 0 atom stereocenters. The van der Waals surface area contributed by atoms with Crippen molar-refractivity contribution in [2.75, 3.05) is 49.3 Å². The summed E-state index contributed by atoms with van der Waals surface area (Å²) in [5, 5.41) is 17.3. The summed E-state index contributed by atoms with van der Waals surface area (Å²) in [7, 11) is 4.34. The first-order chi connectivity index (χ1) is 18.0. The first-order valence-electron chi connectivity index (χ1n) is 13.4. The number of pyridine rings is 1. The summed E-state index contributed by atoms with van der Waals surface area (Å²) in [5.74, 6) is 0.469. The van der Waals surface area contributed by atoms with Crippen molar-refractivity contribution in [1.29, 1.82) is 5.26 Å². The maximum atomic E-state index is 13.1. The van der Waals surface area contributed by atoms with Crippen molar-refractivity contribution in [3.8, 4) is 6.07 Å². The topological polar surface area (TPSA) is 102 Å². The van der Waals surface area contributed by atoms with Crippen LogP contribution in [-0.4, -0.2) is 59.2 Å². The lowest BCUT2D eigenvalue weighted by molar-refractivity contribution is 0.250. The number of anilines is 4. The number of aromatic nitrogens is 3. The lowest BCUT2D eigenvalue weighted by atomic mass is 10.0. The zero-order chi connectivity index (χ0) is 25.5. The monoisotopic (exact) mass is 498 g/mol. The van der Waals surface area contributed by atoms with Gasteiger partial charge in [-0.2, -0.15) is 10.2 Å². The Bertz CT molecular complexity index is 1420. The van der Waals surface area contributed by atoms with E-state index in [0.717, 1.165) is 62.8 Å². The molecule has 192 valence electrons. The lowest BCUT2D eigenvalue weighted by Crippen LogP contribution is -2.42. The molecular formula is C28H34N8O. The van der Waals surface area contributed by atoms with Crippen LogP contribution in [-0.2, 0) is 6.42 Å². The van der Waals surface area contributed by atoms with Crippen LogP contribution in [0.3, 0.4) is 0 Å². The van der Waals surface area contributed by atoms with Crippen LogP contribution in [0, 0.1) is 11.3 Å². The summed E-state index contributed by atoms with van der Waals surface area (Å²) in [6.45, 7) is 3.02. The molecule has 3 aromatic rings. The number of nitriles is 1. The van der Waals surface area contributed by atoms with Crippen molar-refractivity contribution in [2.24, 2.45) is 0 Å². The van der Waals surface area contributed by atoms with Crippen LogP contribution in [0.1, 0.15) is 55.7 Å². The van der Waals surface area contributed by atoms with Gasteiger partial charge in [-0.15, -0.1) is 0 Å². The second kappa shape index (κ2) is 9.67. The van der Waals surface area contributed by atoms with Crippen LogP contribution in [0.4, 0.5) is 23.0 Å². The van der Waals surface area contributed by atoms with E-state index in [9.17, 15) is 10.1 Å². The van der Waals surface area contributed by atoms with Gasteiger partial charge in [0.15, 0.2) is 0 Å². The Morgan fingerprint density at radius 2 is 1.95 bits per heavy atom. The van der Waals surface area contributed by atoms with Gasteiger partial charge in [-0.25, -0.2) is 4.98 Å². The summed E-state index contributed by atoms with van der Waals surface area (Å²) in [6.07, 6.45) is 9.04. The highest BCUT2D eigenvalue weighted by Gasteiger charge is 2.27. The third kappa shape index (κ3) is 4.29. The zero-order valence-corrected chi connectivity index (χ0v) is 21.6.